The zero-order chi connectivity index (χ0) is 14.1. The van der Waals surface area contributed by atoms with Crippen LogP contribution < -0.4 is 11.1 Å². The maximum absolute atomic E-state index is 13.1. The number of halogens is 1. The molecule has 0 radical (unpaired) electrons. The van der Waals surface area contributed by atoms with Crippen LogP contribution in [0.25, 0.3) is 0 Å². The number of anilines is 1. The third-order valence-corrected chi connectivity index (χ3v) is 2.89. The fraction of sp³-hybridized carbons (Fsp3) is 0.500. The van der Waals surface area contributed by atoms with E-state index in [0.29, 0.717) is 5.56 Å². The van der Waals surface area contributed by atoms with E-state index in [2.05, 4.69) is 12.2 Å². The molecule has 0 aromatic heterocycles. The van der Waals surface area contributed by atoms with Gasteiger partial charge in [-0.3, -0.25) is 0 Å². The van der Waals surface area contributed by atoms with Crippen LogP contribution in [0.3, 0.4) is 0 Å². The monoisotopic (exact) mass is 284 g/mol. The minimum absolute atomic E-state index is 0.196. The third-order valence-electron chi connectivity index (χ3n) is 2.67. The molecule has 0 aliphatic heterocycles. The number of ether oxygens (including phenoxy) is 1. The summed E-state index contributed by atoms with van der Waals surface area (Å²) in [7, 11) is 0. The summed E-state index contributed by atoms with van der Waals surface area (Å²) in [6.07, 6.45) is 3.12. The van der Waals surface area contributed by atoms with Crippen molar-refractivity contribution < 1.29 is 9.13 Å². The first-order valence-electron chi connectivity index (χ1n) is 6.56. The van der Waals surface area contributed by atoms with E-state index in [4.69, 9.17) is 22.7 Å². The molecule has 0 bridgehead atoms. The Bertz CT molecular complexity index is 412. The number of hydrogen-bond acceptors (Lipinski definition) is 3. The third kappa shape index (κ3) is 5.98. The van der Waals surface area contributed by atoms with Crippen molar-refractivity contribution in [2.24, 2.45) is 5.73 Å². The van der Waals surface area contributed by atoms with Gasteiger partial charge in [0.1, 0.15) is 10.8 Å². The fourth-order valence-corrected chi connectivity index (χ4v) is 1.79. The molecular weight excluding hydrogens is 263 g/mol. The maximum atomic E-state index is 13.1. The van der Waals surface area contributed by atoms with Crippen LogP contribution in [-0.2, 0) is 4.74 Å². The highest BCUT2D eigenvalue weighted by Gasteiger charge is 2.06. The molecule has 106 valence electrons. The molecule has 0 unspecified atom stereocenters. The lowest BCUT2D eigenvalue weighted by molar-refractivity contribution is 0.131. The quantitative estimate of drug-likeness (QED) is 0.540. The number of rotatable bonds is 9. The highest BCUT2D eigenvalue weighted by atomic mass is 32.1. The van der Waals surface area contributed by atoms with E-state index in [0.717, 1.165) is 44.7 Å². The van der Waals surface area contributed by atoms with E-state index < -0.39 is 0 Å². The first-order chi connectivity index (χ1) is 9.15. The zero-order valence-electron chi connectivity index (χ0n) is 11.2. The Balaban J connectivity index is 2.35. The Morgan fingerprint density at radius 2 is 2.11 bits per heavy atom. The predicted molar refractivity (Wildman–Crippen MR) is 81.1 cm³/mol. The molecule has 0 fully saturated rings. The van der Waals surface area contributed by atoms with E-state index in [-0.39, 0.29) is 10.8 Å². The summed E-state index contributed by atoms with van der Waals surface area (Å²) < 4.78 is 18.6. The van der Waals surface area contributed by atoms with Crippen LogP contribution in [-0.4, -0.2) is 24.7 Å². The van der Waals surface area contributed by atoms with Crippen molar-refractivity contribution in [2.75, 3.05) is 25.1 Å². The molecule has 0 atom stereocenters. The van der Waals surface area contributed by atoms with Gasteiger partial charge in [-0.05, 0) is 31.0 Å². The van der Waals surface area contributed by atoms with Crippen LogP contribution in [0.15, 0.2) is 18.2 Å². The Kier molecular flexibility index (Phi) is 7.36. The average Bonchev–Trinajstić information content (AvgIpc) is 2.39. The van der Waals surface area contributed by atoms with Crippen LogP contribution in [0.4, 0.5) is 10.1 Å². The molecule has 0 aliphatic carbocycles. The summed E-state index contributed by atoms with van der Waals surface area (Å²) in [5.41, 5.74) is 6.88. The van der Waals surface area contributed by atoms with Gasteiger partial charge in [-0.15, -0.1) is 0 Å². The number of hydrogen-bond donors (Lipinski definition) is 2. The summed E-state index contributed by atoms with van der Waals surface area (Å²) >= 11 is 4.91. The molecule has 19 heavy (non-hydrogen) atoms. The van der Waals surface area contributed by atoms with Gasteiger partial charge < -0.3 is 15.8 Å². The molecule has 0 aliphatic rings. The molecule has 1 aromatic rings. The standard InChI is InChI=1S/C14H21FN2OS/c1-2-3-8-18-9-4-7-17-13-6-5-11(15)10-12(13)14(16)19/h5-6,10,17H,2-4,7-9H2,1H3,(H2,16,19). The van der Waals surface area contributed by atoms with Crippen LogP contribution in [0.5, 0.6) is 0 Å². The number of benzene rings is 1. The molecular formula is C14H21FN2OS. The topological polar surface area (TPSA) is 47.3 Å². The summed E-state index contributed by atoms with van der Waals surface area (Å²) in [6, 6.07) is 4.39. The van der Waals surface area contributed by atoms with Crippen molar-refractivity contribution >= 4 is 22.9 Å². The molecule has 0 saturated carbocycles. The average molecular weight is 284 g/mol. The number of unbranched alkanes of at least 4 members (excludes halogenated alkanes) is 1. The van der Waals surface area contributed by atoms with Gasteiger partial charge in [0.25, 0.3) is 0 Å². The predicted octanol–water partition coefficient (Wildman–Crippen LogP) is 3.08. The summed E-state index contributed by atoms with van der Waals surface area (Å²) in [5.74, 6) is -0.337. The van der Waals surface area contributed by atoms with Crippen LogP contribution in [0.2, 0.25) is 0 Å². The largest absolute Gasteiger partial charge is 0.389 e. The van der Waals surface area contributed by atoms with Crippen LogP contribution in [0.1, 0.15) is 31.7 Å². The van der Waals surface area contributed by atoms with Crippen molar-refractivity contribution in [1.29, 1.82) is 0 Å². The Morgan fingerprint density at radius 1 is 1.37 bits per heavy atom. The van der Waals surface area contributed by atoms with Crippen molar-refractivity contribution in [2.45, 2.75) is 26.2 Å². The lowest BCUT2D eigenvalue weighted by atomic mass is 10.1. The Hall–Kier alpha value is -1.20. The van der Waals surface area contributed by atoms with E-state index in [1.54, 1.807) is 6.07 Å². The second-order valence-electron chi connectivity index (χ2n) is 4.30. The van der Waals surface area contributed by atoms with E-state index in [9.17, 15) is 4.39 Å². The normalized spacial score (nSPS) is 10.4. The molecule has 5 heteroatoms. The second-order valence-corrected chi connectivity index (χ2v) is 4.74. The molecule has 1 rings (SSSR count). The smallest absolute Gasteiger partial charge is 0.124 e. The number of nitrogens with two attached hydrogens (primary N) is 1. The van der Waals surface area contributed by atoms with Gasteiger partial charge in [0, 0.05) is 31.0 Å². The second kappa shape index (κ2) is 8.82. The highest BCUT2D eigenvalue weighted by molar-refractivity contribution is 7.80. The first-order valence-corrected chi connectivity index (χ1v) is 6.97. The highest BCUT2D eigenvalue weighted by Crippen LogP contribution is 2.16. The van der Waals surface area contributed by atoms with Crippen molar-refractivity contribution in [3.05, 3.63) is 29.6 Å². The lowest BCUT2D eigenvalue weighted by Crippen LogP contribution is -2.15. The summed E-state index contributed by atoms with van der Waals surface area (Å²) in [4.78, 5) is 0.196. The van der Waals surface area contributed by atoms with Gasteiger partial charge in [0.2, 0.25) is 0 Å². The molecule has 0 spiro atoms. The molecule has 0 amide bonds. The molecule has 1 aromatic carbocycles. The summed E-state index contributed by atoms with van der Waals surface area (Å²) in [6.45, 7) is 4.41. The Morgan fingerprint density at radius 3 is 2.79 bits per heavy atom. The summed E-state index contributed by atoms with van der Waals surface area (Å²) in [5, 5.41) is 3.20. The SMILES string of the molecule is CCCCOCCCNc1ccc(F)cc1C(N)=S. The molecule has 3 nitrogen and oxygen atoms in total. The van der Waals surface area contributed by atoms with E-state index in [1.165, 1.54) is 12.1 Å². The van der Waals surface area contributed by atoms with E-state index in [1.807, 2.05) is 0 Å². The fourth-order valence-electron chi connectivity index (χ4n) is 1.62. The molecule has 0 saturated heterocycles. The maximum Gasteiger partial charge on any atom is 0.124 e. The van der Waals surface area contributed by atoms with Crippen molar-refractivity contribution in [3.63, 3.8) is 0 Å². The first kappa shape index (κ1) is 15.9. The lowest BCUT2D eigenvalue weighted by Gasteiger charge is -2.11. The van der Waals surface area contributed by atoms with Crippen LogP contribution >= 0.6 is 12.2 Å². The van der Waals surface area contributed by atoms with Gasteiger partial charge >= 0.3 is 0 Å². The van der Waals surface area contributed by atoms with Gasteiger partial charge in [-0.25, -0.2) is 4.39 Å². The number of thiocarbonyl (C=S) groups is 1. The zero-order valence-corrected chi connectivity index (χ0v) is 12.1. The van der Waals surface area contributed by atoms with Gasteiger partial charge in [0.15, 0.2) is 0 Å². The van der Waals surface area contributed by atoms with Gasteiger partial charge in [-0.2, -0.15) is 0 Å². The van der Waals surface area contributed by atoms with E-state index >= 15 is 0 Å². The number of nitrogens with one attached hydrogen (secondary N) is 1. The minimum atomic E-state index is -0.337. The van der Waals surface area contributed by atoms with Gasteiger partial charge in [0.05, 0.1) is 0 Å². The molecule has 3 N–H and O–H groups in total. The van der Waals surface area contributed by atoms with Crippen LogP contribution in [0, 0.1) is 5.82 Å². The molecule has 0 heterocycles. The van der Waals surface area contributed by atoms with Gasteiger partial charge in [-0.1, -0.05) is 25.6 Å². The Labute approximate surface area is 119 Å². The van der Waals surface area contributed by atoms with Crippen molar-refractivity contribution in [3.8, 4) is 0 Å². The van der Waals surface area contributed by atoms with Crippen molar-refractivity contribution in [1.82, 2.24) is 0 Å². The minimum Gasteiger partial charge on any atom is -0.389 e.